The molecule has 1 aromatic heterocycles. The summed E-state index contributed by atoms with van der Waals surface area (Å²) in [4.78, 5) is 19.6. The van der Waals surface area contributed by atoms with E-state index in [1.54, 1.807) is 34.4 Å². The van der Waals surface area contributed by atoms with Gasteiger partial charge in [0, 0.05) is 18.2 Å². The standard InChI is InChI=1S/C17H22N4O5/c1-5-26-17(22)21-16-19-9-11(15(18)20-16)6-10-7-12(23-2)14(25-4)13(8-10)24-3/h7-9H,5-6H2,1-4H3,(H3,18,19,20,21,22). The van der Waals surface area contributed by atoms with Crippen LogP contribution in [-0.2, 0) is 11.2 Å². The number of amides is 1. The van der Waals surface area contributed by atoms with Crippen molar-refractivity contribution in [3.05, 3.63) is 29.5 Å². The number of aromatic nitrogens is 2. The van der Waals surface area contributed by atoms with Crippen LogP contribution in [0.5, 0.6) is 17.2 Å². The molecule has 140 valence electrons. The average Bonchev–Trinajstić information content (AvgIpc) is 2.63. The van der Waals surface area contributed by atoms with Gasteiger partial charge in [0.15, 0.2) is 11.5 Å². The lowest BCUT2D eigenvalue weighted by molar-refractivity contribution is 0.167. The molecule has 0 saturated carbocycles. The molecular weight excluding hydrogens is 340 g/mol. The summed E-state index contributed by atoms with van der Waals surface area (Å²) >= 11 is 0. The number of carbonyl (C=O) groups is 1. The van der Waals surface area contributed by atoms with E-state index in [0.717, 1.165) is 5.56 Å². The maximum atomic E-state index is 11.4. The van der Waals surface area contributed by atoms with Crippen LogP contribution in [0.4, 0.5) is 16.6 Å². The fourth-order valence-corrected chi connectivity index (χ4v) is 2.33. The number of hydrogen-bond acceptors (Lipinski definition) is 8. The fraction of sp³-hybridized carbons (Fsp3) is 0.353. The highest BCUT2D eigenvalue weighted by Crippen LogP contribution is 2.38. The molecule has 0 saturated heterocycles. The normalized spacial score (nSPS) is 10.2. The maximum absolute atomic E-state index is 11.4. The van der Waals surface area contributed by atoms with E-state index < -0.39 is 6.09 Å². The quantitative estimate of drug-likeness (QED) is 0.770. The Labute approximate surface area is 151 Å². The van der Waals surface area contributed by atoms with Crippen LogP contribution in [0.25, 0.3) is 0 Å². The van der Waals surface area contributed by atoms with Crippen molar-refractivity contribution < 1.29 is 23.7 Å². The van der Waals surface area contributed by atoms with E-state index in [2.05, 4.69) is 15.3 Å². The Balaban J connectivity index is 2.24. The van der Waals surface area contributed by atoms with Crippen LogP contribution >= 0.6 is 0 Å². The van der Waals surface area contributed by atoms with Crippen LogP contribution < -0.4 is 25.3 Å². The van der Waals surface area contributed by atoms with Gasteiger partial charge in [-0.2, -0.15) is 4.98 Å². The number of ether oxygens (including phenoxy) is 4. The van der Waals surface area contributed by atoms with Gasteiger partial charge in [0.1, 0.15) is 5.82 Å². The van der Waals surface area contributed by atoms with Crippen molar-refractivity contribution in [2.45, 2.75) is 13.3 Å². The van der Waals surface area contributed by atoms with E-state index >= 15 is 0 Å². The van der Waals surface area contributed by atoms with Crippen molar-refractivity contribution in [1.29, 1.82) is 0 Å². The third-order valence-electron chi connectivity index (χ3n) is 3.51. The largest absolute Gasteiger partial charge is 0.493 e. The minimum atomic E-state index is -0.635. The molecule has 0 atom stereocenters. The van der Waals surface area contributed by atoms with Crippen LogP contribution in [0.15, 0.2) is 18.3 Å². The Bertz CT molecular complexity index is 757. The Hall–Kier alpha value is -3.23. The van der Waals surface area contributed by atoms with Crippen LogP contribution in [0, 0.1) is 0 Å². The van der Waals surface area contributed by atoms with Crippen LogP contribution in [-0.4, -0.2) is 44.0 Å². The number of carbonyl (C=O) groups excluding carboxylic acids is 1. The second-order valence-electron chi connectivity index (χ2n) is 5.16. The lowest BCUT2D eigenvalue weighted by Gasteiger charge is -2.14. The third-order valence-corrected chi connectivity index (χ3v) is 3.51. The van der Waals surface area contributed by atoms with Gasteiger partial charge in [-0.25, -0.2) is 9.78 Å². The Morgan fingerprint density at radius 2 is 1.81 bits per heavy atom. The number of nitrogens with two attached hydrogens (primary N) is 1. The van der Waals surface area contributed by atoms with Crippen LogP contribution in [0.2, 0.25) is 0 Å². The van der Waals surface area contributed by atoms with Gasteiger partial charge >= 0.3 is 6.09 Å². The second kappa shape index (κ2) is 8.75. The summed E-state index contributed by atoms with van der Waals surface area (Å²) < 4.78 is 20.8. The Morgan fingerprint density at radius 1 is 1.15 bits per heavy atom. The summed E-state index contributed by atoms with van der Waals surface area (Å²) in [5.41, 5.74) is 7.55. The number of anilines is 2. The zero-order valence-corrected chi connectivity index (χ0v) is 15.2. The van der Waals surface area contributed by atoms with Gasteiger partial charge in [0.25, 0.3) is 0 Å². The number of hydrogen-bond donors (Lipinski definition) is 2. The van der Waals surface area contributed by atoms with Gasteiger partial charge in [-0.3, -0.25) is 5.32 Å². The molecule has 0 radical (unpaired) electrons. The van der Waals surface area contributed by atoms with E-state index in [1.807, 2.05) is 12.1 Å². The molecule has 0 fully saturated rings. The first-order valence-electron chi connectivity index (χ1n) is 7.86. The van der Waals surface area contributed by atoms with Crippen molar-refractivity contribution in [3.63, 3.8) is 0 Å². The molecule has 1 aromatic carbocycles. The van der Waals surface area contributed by atoms with Gasteiger partial charge in [0.05, 0.1) is 27.9 Å². The summed E-state index contributed by atoms with van der Waals surface area (Å²) in [6.07, 6.45) is 1.36. The SMILES string of the molecule is CCOC(=O)Nc1ncc(Cc2cc(OC)c(OC)c(OC)c2)c(N)n1. The van der Waals surface area contributed by atoms with Gasteiger partial charge in [-0.15, -0.1) is 0 Å². The van der Waals surface area contributed by atoms with E-state index in [4.69, 9.17) is 24.7 Å². The van der Waals surface area contributed by atoms with Gasteiger partial charge in [-0.1, -0.05) is 0 Å². The smallest absolute Gasteiger partial charge is 0.414 e. The van der Waals surface area contributed by atoms with E-state index in [0.29, 0.717) is 29.2 Å². The molecule has 1 amide bonds. The molecular formula is C17H22N4O5. The molecule has 0 spiro atoms. The molecule has 0 unspecified atom stereocenters. The number of nitrogen functional groups attached to an aromatic ring is 1. The highest BCUT2D eigenvalue weighted by Gasteiger charge is 2.15. The molecule has 2 rings (SSSR count). The zero-order valence-electron chi connectivity index (χ0n) is 15.2. The van der Waals surface area contributed by atoms with Crippen molar-refractivity contribution >= 4 is 17.9 Å². The van der Waals surface area contributed by atoms with E-state index in [-0.39, 0.29) is 18.4 Å². The topological polar surface area (TPSA) is 118 Å². The molecule has 26 heavy (non-hydrogen) atoms. The number of rotatable bonds is 7. The van der Waals surface area contributed by atoms with Crippen molar-refractivity contribution in [3.8, 4) is 17.2 Å². The number of methoxy groups -OCH3 is 3. The predicted octanol–water partition coefficient (Wildman–Crippen LogP) is 2.24. The van der Waals surface area contributed by atoms with Crippen molar-refractivity contribution in [2.75, 3.05) is 39.0 Å². The fourth-order valence-electron chi connectivity index (χ4n) is 2.33. The van der Waals surface area contributed by atoms with E-state index in [9.17, 15) is 4.79 Å². The first-order chi connectivity index (χ1) is 12.5. The molecule has 9 nitrogen and oxygen atoms in total. The first kappa shape index (κ1) is 19.1. The van der Waals surface area contributed by atoms with Gasteiger partial charge in [0.2, 0.25) is 11.7 Å². The summed E-state index contributed by atoms with van der Waals surface area (Å²) in [6.45, 7) is 1.95. The summed E-state index contributed by atoms with van der Waals surface area (Å²) in [7, 11) is 4.64. The minimum absolute atomic E-state index is 0.0783. The van der Waals surface area contributed by atoms with Crippen LogP contribution in [0.3, 0.4) is 0 Å². The highest BCUT2D eigenvalue weighted by atomic mass is 16.5. The monoisotopic (exact) mass is 362 g/mol. The number of nitrogens with one attached hydrogen (secondary N) is 1. The summed E-state index contributed by atoms with van der Waals surface area (Å²) in [5.74, 6) is 1.93. The lowest BCUT2D eigenvalue weighted by atomic mass is 10.1. The number of benzene rings is 1. The van der Waals surface area contributed by atoms with Gasteiger partial charge < -0.3 is 24.7 Å². The average molecular weight is 362 g/mol. The van der Waals surface area contributed by atoms with Gasteiger partial charge in [-0.05, 0) is 24.6 Å². The predicted molar refractivity (Wildman–Crippen MR) is 96.0 cm³/mol. The minimum Gasteiger partial charge on any atom is -0.493 e. The highest BCUT2D eigenvalue weighted by molar-refractivity contribution is 5.82. The Kier molecular flexibility index (Phi) is 6.42. The summed E-state index contributed by atoms with van der Waals surface area (Å²) in [5, 5.41) is 2.41. The molecule has 2 aromatic rings. The van der Waals surface area contributed by atoms with Crippen molar-refractivity contribution in [2.24, 2.45) is 0 Å². The Morgan fingerprint density at radius 3 is 2.31 bits per heavy atom. The molecule has 1 heterocycles. The lowest BCUT2D eigenvalue weighted by Crippen LogP contribution is -2.16. The molecule has 9 heteroatoms. The van der Waals surface area contributed by atoms with E-state index in [1.165, 1.54) is 0 Å². The molecule has 3 N–H and O–H groups in total. The molecule has 0 aliphatic rings. The summed E-state index contributed by atoms with van der Waals surface area (Å²) in [6, 6.07) is 3.65. The first-order valence-corrected chi connectivity index (χ1v) is 7.86. The maximum Gasteiger partial charge on any atom is 0.414 e. The number of nitrogens with zero attached hydrogens (tertiary/aromatic N) is 2. The molecule has 0 aliphatic heterocycles. The molecule has 0 aliphatic carbocycles. The third kappa shape index (κ3) is 4.44. The molecule has 0 bridgehead atoms. The van der Waals surface area contributed by atoms with Crippen molar-refractivity contribution in [1.82, 2.24) is 9.97 Å². The zero-order chi connectivity index (χ0) is 19.1. The van der Waals surface area contributed by atoms with Crippen LogP contribution in [0.1, 0.15) is 18.1 Å². The second-order valence-corrected chi connectivity index (χ2v) is 5.16.